The highest BCUT2D eigenvalue weighted by Crippen LogP contribution is 2.30. The highest BCUT2D eigenvalue weighted by atomic mass is 19.1. The molecule has 4 heteroatoms. The van der Waals surface area contributed by atoms with Gasteiger partial charge in [-0.05, 0) is 30.5 Å². The first kappa shape index (κ1) is 10.8. The lowest BCUT2D eigenvalue weighted by molar-refractivity contribution is 0.288. The lowest BCUT2D eigenvalue weighted by atomic mass is 10.1. The van der Waals surface area contributed by atoms with E-state index >= 15 is 0 Å². The standard InChI is InChI=1S/C10H13FO3/c1-14-9-6-7(3-2-4-12)5-8(11)10(9)13/h5-6,12-13H,2-4H2,1H3. The lowest BCUT2D eigenvalue weighted by Gasteiger charge is -2.07. The molecule has 0 radical (unpaired) electrons. The van der Waals surface area contributed by atoms with E-state index in [2.05, 4.69) is 0 Å². The average Bonchev–Trinajstić information content (AvgIpc) is 2.19. The summed E-state index contributed by atoms with van der Waals surface area (Å²) in [4.78, 5) is 0. The van der Waals surface area contributed by atoms with Gasteiger partial charge in [-0.1, -0.05) is 0 Å². The summed E-state index contributed by atoms with van der Waals surface area (Å²) in [7, 11) is 1.37. The Kier molecular flexibility index (Phi) is 3.71. The summed E-state index contributed by atoms with van der Waals surface area (Å²) >= 11 is 0. The minimum atomic E-state index is -0.697. The third-order valence-electron chi connectivity index (χ3n) is 1.93. The number of phenolic OH excluding ortho intramolecular Hbond substituents is 1. The van der Waals surface area contributed by atoms with Gasteiger partial charge in [-0.2, -0.15) is 0 Å². The number of hydrogen-bond acceptors (Lipinski definition) is 3. The van der Waals surface area contributed by atoms with E-state index in [9.17, 15) is 9.50 Å². The van der Waals surface area contributed by atoms with Crippen LogP contribution in [0.4, 0.5) is 4.39 Å². The van der Waals surface area contributed by atoms with Gasteiger partial charge in [-0.25, -0.2) is 4.39 Å². The van der Waals surface area contributed by atoms with Crippen molar-refractivity contribution in [3.8, 4) is 11.5 Å². The molecule has 3 nitrogen and oxygen atoms in total. The molecule has 0 saturated carbocycles. The first-order chi connectivity index (χ1) is 6.69. The third-order valence-corrected chi connectivity index (χ3v) is 1.93. The number of rotatable bonds is 4. The van der Waals surface area contributed by atoms with Crippen LogP contribution in [0.1, 0.15) is 12.0 Å². The van der Waals surface area contributed by atoms with E-state index in [-0.39, 0.29) is 12.4 Å². The Bertz CT molecular complexity index is 312. The quantitative estimate of drug-likeness (QED) is 0.773. The number of aryl methyl sites for hydroxylation is 1. The van der Waals surface area contributed by atoms with Crippen molar-refractivity contribution in [1.29, 1.82) is 0 Å². The minimum Gasteiger partial charge on any atom is -0.502 e. The molecule has 2 N–H and O–H groups in total. The Morgan fingerprint density at radius 2 is 2.14 bits per heavy atom. The van der Waals surface area contributed by atoms with Crippen molar-refractivity contribution in [2.75, 3.05) is 13.7 Å². The van der Waals surface area contributed by atoms with Gasteiger partial charge in [0.2, 0.25) is 0 Å². The van der Waals surface area contributed by atoms with Gasteiger partial charge in [0.15, 0.2) is 17.3 Å². The summed E-state index contributed by atoms with van der Waals surface area (Å²) in [5, 5.41) is 17.8. The van der Waals surface area contributed by atoms with Crippen molar-refractivity contribution < 1.29 is 19.3 Å². The van der Waals surface area contributed by atoms with E-state index in [0.717, 1.165) is 0 Å². The van der Waals surface area contributed by atoms with Crippen LogP contribution in [0.2, 0.25) is 0 Å². The highest BCUT2D eigenvalue weighted by Gasteiger charge is 2.09. The molecule has 1 aromatic carbocycles. The number of methoxy groups -OCH3 is 1. The van der Waals surface area contributed by atoms with Gasteiger partial charge in [0.05, 0.1) is 7.11 Å². The van der Waals surface area contributed by atoms with E-state index < -0.39 is 11.6 Å². The fraction of sp³-hybridized carbons (Fsp3) is 0.400. The summed E-state index contributed by atoms with van der Waals surface area (Å²) in [6, 6.07) is 2.81. The molecular formula is C10H13FO3. The summed E-state index contributed by atoms with van der Waals surface area (Å²) < 4.78 is 17.9. The number of aliphatic hydroxyl groups excluding tert-OH is 1. The summed E-state index contributed by atoms with van der Waals surface area (Å²) in [6.45, 7) is 0.0603. The predicted octanol–water partition coefficient (Wildman–Crippen LogP) is 1.46. The molecule has 0 saturated heterocycles. The Balaban J connectivity index is 2.91. The number of aromatic hydroxyl groups is 1. The number of hydrogen-bond donors (Lipinski definition) is 2. The minimum absolute atomic E-state index is 0.0603. The SMILES string of the molecule is COc1cc(CCCO)cc(F)c1O. The predicted molar refractivity (Wildman–Crippen MR) is 50.0 cm³/mol. The van der Waals surface area contributed by atoms with E-state index in [1.54, 1.807) is 6.07 Å². The molecule has 0 aliphatic carbocycles. The normalized spacial score (nSPS) is 10.2. The van der Waals surface area contributed by atoms with Crippen LogP contribution in [0, 0.1) is 5.82 Å². The topological polar surface area (TPSA) is 49.7 Å². The highest BCUT2D eigenvalue weighted by molar-refractivity contribution is 5.43. The van der Waals surface area contributed by atoms with Crippen LogP contribution in [-0.2, 0) is 6.42 Å². The Morgan fingerprint density at radius 1 is 1.43 bits per heavy atom. The molecule has 14 heavy (non-hydrogen) atoms. The van der Waals surface area contributed by atoms with Gasteiger partial charge in [-0.15, -0.1) is 0 Å². The van der Waals surface area contributed by atoms with Crippen molar-refractivity contribution in [3.05, 3.63) is 23.5 Å². The van der Waals surface area contributed by atoms with Crippen LogP contribution >= 0.6 is 0 Å². The second-order valence-electron chi connectivity index (χ2n) is 2.96. The van der Waals surface area contributed by atoms with Gasteiger partial charge >= 0.3 is 0 Å². The molecule has 78 valence electrons. The van der Waals surface area contributed by atoms with E-state index in [4.69, 9.17) is 9.84 Å². The van der Waals surface area contributed by atoms with Crippen LogP contribution in [0.25, 0.3) is 0 Å². The van der Waals surface area contributed by atoms with Crippen LogP contribution in [0.5, 0.6) is 11.5 Å². The lowest BCUT2D eigenvalue weighted by Crippen LogP contribution is -1.93. The molecule has 0 atom stereocenters. The molecule has 0 spiro atoms. The number of aliphatic hydroxyl groups is 1. The maximum absolute atomic E-state index is 13.1. The molecular weight excluding hydrogens is 187 g/mol. The van der Waals surface area contributed by atoms with Gasteiger partial charge in [-0.3, -0.25) is 0 Å². The van der Waals surface area contributed by atoms with Crippen molar-refractivity contribution >= 4 is 0 Å². The van der Waals surface area contributed by atoms with Gasteiger partial charge in [0.25, 0.3) is 0 Å². The second-order valence-corrected chi connectivity index (χ2v) is 2.96. The molecule has 0 aliphatic rings. The van der Waals surface area contributed by atoms with Gasteiger partial charge in [0.1, 0.15) is 0 Å². The fourth-order valence-electron chi connectivity index (χ4n) is 1.21. The maximum Gasteiger partial charge on any atom is 0.194 e. The Hall–Kier alpha value is -1.29. The van der Waals surface area contributed by atoms with Crippen molar-refractivity contribution in [1.82, 2.24) is 0 Å². The van der Waals surface area contributed by atoms with Gasteiger partial charge in [0, 0.05) is 6.61 Å². The molecule has 0 amide bonds. The average molecular weight is 200 g/mol. The first-order valence-electron chi connectivity index (χ1n) is 4.35. The molecule has 0 unspecified atom stereocenters. The van der Waals surface area contributed by atoms with Gasteiger partial charge < -0.3 is 14.9 Å². The second kappa shape index (κ2) is 4.81. The number of ether oxygens (including phenoxy) is 1. The molecule has 0 heterocycles. The summed E-state index contributed by atoms with van der Waals surface area (Å²) in [5.41, 5.74) is 0.700. The maximum atomic E-state index is 13.1. The zero-order valence-electron chi connectivity index (χ0n) is 7.96. The first-order valence-corrected chi connectivity index (χ1v) is 4.35. The molecule has 1 aromatic rings. The number of halogens is 1. The fourth-order valence-corrected chi connectivity index (χ4v) is 1.21. The molecule has 0 aromatic heterocycles. The smallest absolute Gasteiger partial charge is 0.194 e. The van der Waals surface area contributed by atoms with Crippen molar-refractivity contribution in [3.63, 3.8) is 0 Å². The van der Waals surface area contributed by atoms with Crippen LogP contribution < -0.4 is 4.74 Å². The van der Waals surface area contributed by atoms with Crippen LogP contribution in [0.3, 0.4) is 0 Å². The summed E-state index contributed by atoms with van der Waals surface area (Å²) in [6.07, 6.45) is 1.12. The summed E-state index contributed by atoms with van der Waals surface area (Å²) in [5.74, 6) is -1.05. The number of phenols is 1. The van der Waals surface area contributed by atoms with E-state index in [1.165, 1.54) is 13.2 Å². The zero-order valence-corrected chi connectivity index (χ0v) is 7.96. The van der Waals surface area contributed by atoms with E-state index in [0.29, 0.717) is 18.4 Å². The van der Waals surface area contributed by atoms with Crippen molar-refractivity contribution in [2.45, 2.75) is 12.8 Å². The van der Waals surface area contributed by atoms with Crippen LogP contribution in [-0.4, -0.2) is 23.9 Å². The molecule has 1 rings (SSSR count). The number of benzene rings is 1. The third kappa shape index (κ3) is 2.35. The molecule has 0 bridgehead atoms. The van der Waals surface area contributed by atoms with Crippen molar-refractivity contribution in [2.24, 2.45) is 0 Å². The Morgan fingerprint density at radius 3 is 2.71 bits per heavy atom. The van der Waals surface area contributed by atoms with Crippen LogP contribution in [0.15, 0.2) is 12.1 Å². The molecule has 0 aliphatic heterocycles. The molecule has 0 fully saturated rings. The largest absolute Gasteiger partial charge is 0.502 e. The van der Waals surface area contributed by atoms with E-state index in [1.807, 2.05) is 0 Å². The zero-order chi connectivity index (χ0) is 10.6. The monoisotopic (exact) mass is 200 g/mol. The Labute approximate surface area is 81.8 Å².